The number of piperazine rings is 1. The van der Waals surface area contributed by atoms with Gasteiger partial charge in [-0.15, -0.1) is 11.8 Å². The van der Waals surface area contributed by atoms with E-state index in [1.807, 2.05) is 0 Å². The summed E-state index contributed by atoms with van der Waals surface area (Å²) in [6.45, 7) is 6.74. The standard InChI is InChI=1S/C17H27N3S/c1-21-16-6-4-15(5-7-16)17(12-18)20-10-8-19(9-11-20)13-14-2-3-14/h4-7,14,17H,2-3,8-13,18H2,1H3. The summed E-state index contributed by atoms with van der Waals surface area (Å²) in [5.74, 6) is 1.00. The van der Waals surface area contributed by atoms with Crippen LogP contribution in [0.3, 0.4) is 0 Å². The summed E-state index contributed by atoms with van der Waals surface area (Å²) >= 11 is 1.79. The first-order valence-corrected chi connectivity index (χ1v) is 9.33. The van der Waals surface area contributed by atoms with Crippen molar-refractivity contribution < 1.29 is 0 Å². The van der Waals surface area contributed by atoms with Crippen LogP contribution in [0.1, 0.15) is 24.4 Å². The molecule has 1 saturated heterocycles. The first-order chi connectivity index (χ1) is 10.3. The Morgan fingerprint density at radius 2 is 1.81 bits per heavy atom. The second-order valence-electron chi connectivity index (χ2n) is 6.30. The Morgan fingerprint density at radius 1 is 1.14 bits per heavy atom. The summed E-state index contributed by atoms with van der Waals surface area (Å²) in [5, 5.41) is 0. The fraction of sp³-hybridized carbons (Fsp3) is 0.647. The largest absolute Gasteiger partial charge is 0.329 e. The van der Waals surface area contributed by atoms with Crippen LogP contribution >= 0.6 is 11.8 Å². The molecule has 0 amide bonds. The molecule has 2 N–H and O–H groups in total. The highest BCUT2D eigenvalue weighted by Gasteiger charge is 2.28. The Morgan fingerprint density at radius 3 is 2.33 bits per heavy atom. The van der Waals surface area contributed by atoms with E-state index in [9.17, 15) is 0 Å². The summed E-state index contributed by atoms with van der Waals surface area (Å²) in [4.78, 5) is 6.53. The lowest BCUT2D eigenvalue weighted by Crippen LogP contribution is -2.49. The summed E-state index contributed by atoms with van der Waals surface area (Å²) in [6, 6.07) is 9.31. The minimum absolute atomic E-state index is 0.379. The van der Waals surface area contributed by atoms with Crippen LogP contribution in [0.5, 0.6) is 0 Å². The van der Waals surface area contributed by atoms with Crippen LogP contribution in [-0.2, 0) is 0 Å². The van der Waals surface area contributed by atoms with Crippen molar-refractivity contribution in [2.45, 2.75) is 23.8 Å². The predicted molar refractivity (Wildman–Crippen MR) is 90.8 cm³/mol. The van der Waals surface area contributed by atoms with E-state index >= 15 is 0 Å². The van der Waals surface area contributed by atoms with Crippen LogP contribution in [0.4, 0.5) is 0 Å². The normalized spacial score (nSPS) is 22.4. The average molecular weight is 305 g/mol. The molecule has 2 aliphatic rings. The van der Waals surface area contributed by atoms with E-state index in [1.54, 1.807) is 11.8 Å². The molecule has 0 aromatic heterocycles. The van der Waals surface area contributed by atoms with Crippen LogP contribution in [0.25, 0.3) is 0 Å². The molecule has 1 unspecified atom stereocenters. The van der Waals surface area contributed by atoms with Gasteiger partial charge >= 0.3 is 0 Å². The number of thioether (sulfide) groups is 1. The quantitative estimate of drug-likeness (QED) is 0.818. The van der Waals surface area contributed by atoms with Crippen molar-refractivity contribution in [2.75, 3.05) is 45.5 Å². The molecule has 1 atom stereocenters. The van der Waals surface area contributed by atoms with Gasteiger partial charge in [0.2, 0.25) is 0 Å². The van der Waals surface area contributed by atoms with Gasteiger partial charge in [-0.05, 0) is 42.7 Å². The molecule has 1 aromatic carbocycles. The third-order valence-corrected chi connectivity index (χ3v) is 5.53. The van der Waals surface area contributed by atoms with Crippen LogP contribution in [0.15, 0.2) is 29.2 Å². The van der Waals surface area contributed by atoms with E-state index < -0.39 is 0 Å². The molecular formula is C17H27N3S. The van der Waals surface area contributed by atoms with Gasteiger partial charge in [0.05, 0.1) is 0 Å². The van der Waals surface area contributed by atoms with Crippen molar-refractivity contribution in [3.63, 3.8) is 0 Å². The van der Waals surface area contributed by atoms with Gasteiger partial charge in [-0.2, -0.15) is 0 Å². The fourth-order valence-corrected chi connectivity index (χ4v) is 3.65. The summed E-state index contributed by atoms with van der Waals surface area (Å²) in [5.41, 5.74) is 7.44. The maximum Gasteiger partial charge on any atom is 0.0471 e. The van der Waals surface area contributed by atoms with Gasteiger partial charge in [-0.3, -0.25) is 4.90 Å². The molecule has 116 valence electrons. The molecule has 21 heavy (non-hydrogen) atoms. The van der Waals surface area contributed by atoms with E-state index in [0.717, 1.165) is 19.0 Å². The Hall–Kier alpha value is -0.550. The number of benzene rings is 1. The molecule has 0 bridgehead atoms. The molecule has 1 aliphatic carbocycles. The summed E-state index contributed by atoms with van der Waals surface area (Å²) in [7, 11) is 0. The topological polar surface area (TPSA) is 32.5 Å². The Labute approximate surface area is 132 Å². The summed E-state index contributed by atoms with van der Waals surface area (Å²) in [6.07, 6.45) is 5.02. The van der Waals surface area contributed by atoms with E-state index in [-0.39, 0.29) is 0 Å². The van der Waals surface area contributed by atoms with Crippen LogP contribution in [0, 0.1) is 5.92 Å². The smallest absolute Gasteiger partial charge is 0.0471 e. The number of rotatable bonds is 6. The van der Waals surface area contributed by atoms with Gasteiger partial charge in [0.15, 0.2) is 0 Å². The highest BCUT2D eigenvalue weighted by molar-refractivity contribution is 7.98. The number of hydrogen-bond acceptors (Lipinski definition) is 4. The van der Waals surface area contributed by atoms with Gasteiger partial charge in [0.25, 0.3) is 0 Å². The predicted octanol–water partition coefficient (Wildman–Crippen LogP) is 2.44. The number of nitrogens with two attached hydrogens (primary N) is 1. The lowest BCUT2D eigenvalue weighted by Gasteiger charge is -2.39. The molecule has 1 aromatic rings. The molecule has 0 radical (unpaired) electrons. The minimum Gasteiger partial charge on any atom is -0.329 e. The maximum atomic E-state index is 6.07. The second-order valence-corrected chi connectivity index (χ2v) is 7.18. The van der Waals surface area contributed by atoms with Gasteiger partial charge in [-0.1, -0.05) is 12.1 Å². The number of nitrogens with zero attached hydrogens (tertiary/aromatic N) is 2. The first-order valence-electron chi connectivity index (χ1n) is 8.10. The van der Waals surface area contributed by atoms with Gasteiger partial charge in [0.1, 0.15) is 0 Å². The van der Waals surface area contributed by atoms with Crippen molar-refractivity contribution in [3.05, 3.63) is 29.8 Å². The van der Waals surface area contributed by atoms with Crippen molar-refractivity contribution >= 4 is 11.8 Å². The molecule has 2 fully saturated rings. The highest BCUT2D eigenvalue weighted by Crippen LogP contribution is 2.30. The molecule has 0 spiro atoms. The zero-order valence-corrected chi connectivity index (χ0v) is 13.8. The SMILES string of the molecule is CSc1ccc(C(CN)N2CCN(CC3CC3)CC2)cc1. The maximum absolute atomic E-state index is 6.07. The van der Waals surface area contributed by atoms with Crippen molar-refractivity contribution in [1.29, 1.82) is 0 Å². The molecular weight excluding hydrogens is 278 g/mol. The van der Waals surface area contributed by atoms with E-state index in [0.29, 0.717) is 12.6 Å². The van der Waals surface area contributed by atoms with E-state index in [2.05, 4.69) is 40.3 Å². The minimum atomic E-state index is 0.379. The van der Waals surface area contributed by atoms with E-state index in [4.69, 9.17) is 5.73 Å². The van der Waals surface area contributed by atoms with E-state index in [1.165, 1.54) is 42.9 Å². The Balaban J connectivity index is 1.57. The molecule has 1 aliphatic heterocycles. The highest BCUT2D eigenvalue weighted by atomic mass is 32.2. The van der Waals surface area contributed by atoms with Gasteiger partial charge < -0.3 is 10.6 Å². The Kier molecular flexibility index (Phi) is 5.22. The van der Waals surface area contributed by atoms with Crippen LogP contribution < -0.4 is 5.73 Å². The molecule has 1 heterocycles. The second kappa shape index (κ2) is 7.14. The lowest BCUT2D eigenvalue weighted by molar-refractivity contribution is 0.0955. The zero-order valence-electron chi connectivity index (χ0n) is 13.0. The monoisotopic (exact) mass is 305 g/mol. The number of hydrogen-bond donors (Lipinski definition) is 1. The van der Waals surface area contributed by atoms with Crippen molar-refractivity contribution in [3.8, 4) is 0 Å². The van der Waals surface area contributed by atoms with Crippen LogP contribution in [0.2, 0.25) is 0 Å². The first kappa shape index (κ1) is 15.3. The fourth-order valence-electron chi connectivity index (χ4n) is 3.25. The third-order valence-electron chi connectivity index (χ3n) is 4.78. The molecule has 4 heteroatoms. The van der Waals surface area contributed by atoms with Gasteiger partial charge in [0, 0.05) is 50.2 Å². The third kappa shape index (κ3) is 4.01. The Bertz CT molecular complexity index is 436. The van der Waals surface area contributed by atoms with Crippen molar-refractivity contribution in [2.24, 2.45) is 11.7 Å². The molecule has 3 nitrogen and oxygen atoms in total. The molecule has 3 rings (SSSR count). The van der Waals surface area contributed by atoms with Gasteiger partial charge in [-0.25, -0.2) is 0 Å². The van der Waals surface area contributed by atoms with Crippen molar-refractivity contribution in [1.82, 2.24) is 9.80 Å². The summed E-state index contributed by atoms with van der Waals surface area (Å²) < 4.78 is 0. The van der Waals surface area contributed by atoms with Crippen LogP contribution in [-0.4, -0.2) is 55.3 Å². The average Bonchev–Trinajstić information content (AvgIpc) is 3.34. The zero-order chi connectivity index (χ0) is 14.7. The molecule has 1 saturated carbocycles. The lowest BCUT2D eigenvalue weighted by atomic mass is 10.0.